The standard InChI is InChI=1S/C23H27NO4/c1-13-2-5-18-19(10-13)22(28-17-11-16(12-17)23(25)26)24-21(20(18)14-3-4-14)15-6-8-27-9-7-15/h2,5,10,14-17H,3-4,6-9,11-12H2,1H3,(H,25,26)/t16-,17-. The van der Waals surface area contributed by atoms with Gasteiger partial charge in [0, 0.05) is 24.5 Å². The Hall–Kier alpha value is -2.14. The fourth-order valence-electron chi connectivity index (χ4n) is 4.63. The van der Waals surface area contributed by atoms with E-state index in [0.717, 1.165) is 31.4 Å². The number of hydrogen-bond acceptors (Lipinski definition) is 4. The molecule has 1 N–H and O–H groups in total. The number of pyridine rings is 1. The number of hydrogen-bond donors (Lipinski definition) is 1. The molecular formula is C23H27NO4. The summed E-state index contributed by atoms with van der Waals surface area (Å²) in [6, 6.07) is 6.58. The molecule has 3 aliphatic rings. The molecule has 1 aromatic carbocycles. The minimum atomic E-state index is -0.722. The molecule has 0 spiro atoms. The second kappa shape index (κ2) is 7.03. The van der Waals surface area contributed by atoms with E-state index in [1.54, 1.807) is 0 Å². The molecule has 0 bridgehead atoms. The number of aryl methyl sites for hydroxylation is 1. The number of carboxylic acid groups (broad SMARTS) is 1. The highest BCUT2D eigenvalue weighted by molar-refractivity contribution is 5.92. The third-order valence-electron chi connectivity index (χ3n) is 6.51. The summed E-state index contributed by atoms with van der Waals surface area (Å²) in [6.07, 6.45) is 5.59. The van der Waals surface area contributed by atoms with E-state index in [9.17, 15) is 4.79 Å². The first-order chi connectivity index (χ1) is 13.6. The summed E-state index contributed by atoms with van der Waals surface area (Å²) in [5.74, 6) is 0.730. The average Bonchev–Trinajstić information content (AvgIpc) is 3.49. The number of rotatable bonds is 5. The number of carboxylic acids is 1. The predicted octanol–water partition coefficient (Wildman–Crippen LogP) is 4.56. The summed E-state index contributed by atoms with van der Waals surface area (Å²) >= 11 is 0. The Kier molecular flexibility index (Phi) is 4.50. The second-order valence-corrected chi connectivity index (χ2v) is 8.67. The van der Waals surface area contributed by atoms with Crippen LogP contribution in [0.4, 0.5) is 0 Å². The molecule has 28 heavy (non-hydrogen) atoms. The fourth-order valence-corrected chi connectivity index (χ4v) is 4.63. The number of aromatic nitrogens is 1. The van der Waals surface area contributed by atoms with E-state index < -0.39 is 5.97 Å². The number of ether oxygens (including phenoxy) is 2. The molecule has 1 saturated heterocycles. The summed E-state index contributed by atoms with van der Waals surface area (Å²) in [4.78, 5) is 16.2. The molecule has 2 aromatic rings. The highest BCUT2D eigenvalue weighted by Gasteiger charge is 2.38. The van der Waals surface area contributed by atoms with Crippen molar-refractivity contribution < 1.29 is 19.4 Å². The fraction of sp³-hybridized carbons (Fsp3) is 0.565. The minimum absolute atomic E-state index is 0.0494. The Morgan fingerprint density at radius 3 is 2.54 bits per heavy atom. The molecule has 2 heterocycles. The number of carbonyl (C=O) groups is 1. The number of aliphatic carboxylic acids is 1. The zero-order chi connectivity index (χ0) is 19.3. The molecule has 1 aromatic heterocycles. The molecule has 2 aliphatic carbocycles. The number of fused-ring (bicyclic) bond motifs is 1. The third-order valence-corrected chi connectivity index (χ3v) is 6.51. The van der Waals surface area contributed by atoms with Crippen LogP contribution in [0.1, 0.15) is 67.2 Å². The van der Waals surface area contributed by atoms with Gasteiger partial charge in [-0.2, -0.15) is 0 Å². The Bertz CT molecular complexity index is 908. The van der Waals surface area contributed by atoms with Gasteiger partial charge in [0.25, 0.3) is 0 Å². The second-order valence-electron chi connectivity index (χ2n) is 8.67. The lowest BCUT2D eigenvalue weighted by molar-refractivity contribution is -0.148. The van der Waals surface area contributed by atoms with Crippen LogP contribution in [0, 0.1) is 12.8 Å². The van der Waals surface area contributed by atoms with Crippen LogP contribution in [0.3, 0.4) is 0 Å². The van der Waals surface area contributed by atoms with Crippen molar-refractivity contribution in [3.8, 4) is 5.88 Å². The Labute approximate surface area is 165 Å². The molecule has 2 saturated carbocycles. The summed E-state index contributed by atoms with van der Waals surface area (Å²) < 4.78 is 11.9. The maximum absolute atomic E-state index is 11.1. The third kappa shape index (κ3) is 3.26. The Balaban J connectivity index is 1.57. The van der Waals surface area contributed by atoms with Crippen LogP contribution in [0.2, 0.25) is 0 Å². The first kappa shape index (κ1) is 17.9. The SMILES string of the molecule is Cc1ccc2c(C3CC3)c(C3CCOCC3)nc(O[C@H]3C[C@H](C(=O)O)C3)c2c1. The zero-order valence-corrected chi connectivity index (χ0v) is 16.3. The molecule has 3 fully saturated rings. The minimum Gasteiger partial charge on any atom is -0.481 e. The van der Waals surface area contributed by atoms with E-state index >= 15 is 0 Å². The molecule has 5 rings (SSSR count). The van der Waals surface area contributed by atoms with Gasteiger partial charge in [-0.1, -0.05) is 17.7 Å². The smallest absolute Gasteiger partial charge is 0.306 e. The van der Waals surface area contributed by atoms with Gasteiger partial charge in [-0.3, -0.25) is 4.79 Å². The number of benzene rings is 1. The molecule has 1 aliphatic heterocycles. The van der Waals surface area contributed by atoms with Crippen molar-refractivity contribution in [2.75, 3.05) is 13.2 Å². The first-order valence-electron chi connectivity index (χ1n) is 10.5. The van der Waals surface area contributed by atoms with E-state index in [0.29, 0.717) is 30.6 Å². The Morgan fingerprint density at radius 1 is 1.11 bits per heavy atom. The van der Waals surface area contributed by atoms with Crippen molar-refractivity contribution in [1.82, 2.24) is 4.98 Å². The molecular weight excluding hydrogens is 354 g/mol. The molecule has 0 atom stereocenters. The van der Waals surface area contributed by atoms with E-state index in [-0.39, 0.29) is 12.0 Å². The zero-order valence-electron chi connectivity index (χ0n) is 16.3. The molecule has 0 radical (unpaired) electrons. The quantitative estimate of drug-likeness (QED) is 0.822. The van der Waals surface area contributed by atoms with Gasteiger partial charge in [-0.15, -0.1) is 0 Å². The van der Waals surface area contributed by atoms with Gasteiger partial charge in [-0.05, 0) is 68.4 Å². The monoisotopic (exact) mass is 381 g/mol. The molecule has 5 heteroatoms. The van der Waals surface area contributed by atoms with Crippen LogP contribution in [-0.2, 0) is 9.53 Å². The Morgan fingerprint density at radius 2 is 1.86 bits per heavy atom. The van der Waals surface area contributed by atoms with Gasteiger partial charge in [0.05, 0.1) is 11.6 Å². The van der Waals surface area contributed by atoms with Crippen molar-refractivity contribution in [3.05, 3.63) is 35.0 Å². The summed E-state index contributed by atoms with van der Waals surface area (Å²) in [5.41, 5.74) is 3.81. The molecule has 0 unspecified atom stereocenters. The van der Waals surface area contributed by atoms with E-state index in [1.807, 2.05) is 0 Å². The summed E-state index contributed by atoms with van der Waals surface area (Å²) in [7, 11) is 0. The van der Waals surface area contributed by atoms with Gasteiger partial charge in [0.1, 0.15) is 6.10 Å². The van der Waals surface area contributed by atoms with Crippen molar-refractivity contribution in [1.29, 1.82) is 0 Å². The van der Waals surface area contributed by atoms with Crippen molar-refractivity contribution in [2.24, 2.45) is 5.92 Å². The van der Waals surface area contributed by atoms with E-state index in [2.05, 4.69) is 25.1 Å². The molecule has 0 amide bonds. The maximum atomic E-state index is 11.1. The van der Waals surface area contributed by atoms with Gasteiger partial charge in [0.15, 0.2) is 0 Å². The highest BCUT2D eigenvalue weighted by atomic mass is 16.5. The maximum Gasteiger partial charge on any atom is 0.306 e. The van der Waals surface area contributed by atoms with E-state index in [4.69, 9.17) is 19.6 Å². The lowest BCUT2D eigenvalue weighted by atomic mass is 9.82. The van der Waals surface area contributed by atoms with Gasteiger partial charge >= 0.3 is 5.97 Å². The summed E-state index contributed by atoms with van der Waals surface area (Å²) in [5, 5.41) is 11.5. The lowest BCUT2D eigenvalue weighted by Crippen LogP contribution is -2.38. The number of nitrogens with zero attached hydrogens (tertiary/aromatic N) is 1. The topological polar surface area (TPSA) is 68.7 Å². The summed E-state index contributed by atoms with van der Waals surface area (Å²) in [6.45, 7) is 3.68. The first-order valence-corrected chi connectivity index (χ1v) is 10.5. The van der Waals surface area contributed by atoms with Crippen LogP contribution >= 0.6 is 0 Å². The van der Waals surface area contributed by atoms with Crippen molar-refractivity contribution in [3.63, 3.8) is 0 Å². The highest BCUT2D eigenvalue weighted by Crippen LogP contribution is 2.49. The van der Waals surface area contributed by atoms with Crippen LogP contribution < -0.4 is 4.74 Å². The molecule has 5 nitrogen and oxygen atoms in total. The van der Waals surface area contributed by atoms with Crippen LogP contribution in [-0.4, -0.2) is 35.4 Å². The molecule has 148 valence electrons. The largest absolute Gasteiger partial charge is 0.481 e. The predicted molar refractivity (Wildman–Crippen MR) is 106 cm³/mol. The van der Waals surface area contributed by atoms with Gasteiger partial charge < -0.3 is 14.6 Å². The average molecular weight is 381 g/mol. The van der Waals surface area contributed by atoms with Gasteiger partial charge in [0.2, 0.25) is 5.88 Å². The lowest BCUT2D eigenvalue weighted by Gasteiger charge is -2.33. The van der Waals surface area contributed by atoms with Gasteiger partial charge in [-0.25, -0.2) is 4.98 Å². The van der Waals surface area contributed by atoms with Crippen LogP contribution in [0.5, 0.6) is 5.88 Å². The van der Waals surface area contributed by atoms with Crippen LogP contribution in [0.15, 0.2) is 18.2 Å². The normalized spacial score (nSPS) is 25.5. The van der Waals surface area contributed by atoms with Crippen LogP contribution in [0.25, 0.3) is 10.8 Å². The van der Waals surface area contributed by atoms with E-state index in [1.165, 1.54) is 35.0 Å². The van der Waals surface area contributed by atoms with Crippen molar-refractivity contribution in [2.45, 2.75) is 63.4 Å². The van der Waals surface area contributed by atoms with Crippen molar-refractivity contribution >= 4 is 16.7 Å².